The molecule has 1 amide bonds. The maximum atomic E-state index is 12.1. The summed E-state index contributed by atoms with van der Waals surface area (Å²) in [6.07, 6.45) is 4.28. The molecular formula is C16H23NO3. The van der Waals surface area contributed by atoms with Gasteiger partial charge in [0.1, 0.15) is 11.6 Å². The molecule has 3 aliphatic rings. The molecule has 3 rings (SSSR count). The van der Waals surface area contributed by atoms with E-state index in [0.717, 1.165) is 18.3 Å². The fraction of sp³-hybridized carbons (Fsp3) is 0.750. The summed E-state index contributed by atoms with van der Waals surface area (Å²) in [5.41, 5.74) is -0.258. The largest absolute Gasteiger partial charge is 0.443 e. The van der Waals surface area contributed by atoms with Crippen LogP contribution in [0.5, 0.6) is 0 Å². The van der Waals surface area contributed by atoms with Gasteiger partial charge in [0.05, 0.1) is 5.70 Å². The van der Waals surface area contributed by atoms with Crippen LogP contribution in [0.25, 0.3) is 0 Å². The molecule has 20 heavy (non-hydrogen) atoms. The Kier molecular flexibility index (Phi) is 2.96. The second-order valence-electron chi connectivity index (χ2n) is 7.34. The summed E-state index contributed by atoms with van der Waals surface area (Å²) >= 11 is 0. The molecule has 0 aromatic heterocycles. The fourth-order valence-corrected chi connectivity index (χ4v) is 3.89. The number of carbonyl (C=O) groups is 2. The Morgan fingerprint density at radius 1 is 1.35 bits per heavy atom. The third kappa shape index (κ3) is 2.15. The summed E-state index contributed by atoms with van der Waals surface area (Å²) in [6.45, 7) is 9.19. The molecule has 3 fully saturated rings. The van der Waals surface area contributed by atoms with Crippen molar-refractivity contribution >= 4 is 11.9 Å². The van der Waals surface area contributed by atoms with Crippen molar-refractivity contribution in [1.29, 1.82) is 0 Å². The van der Waals surface area contributed by atoms with E-state index < -0.39 is 11.7 Å². The van der Waals surface area contributed by atoms with Gasteiger partial charge in [-0.3, -0.25) is 9.69 Å². The number of hydrogen-bond donors (Lipinski definition) is 0. The standard InChI is InChI=1S/C16H23NO3/c1-9-14(18)13(8-12-10-6-5-7-11(10)12)17(9)15(19)20-16(2,3)4/h10-13H,1,5-8H2,2-4H3/t10-,11+,12-,13-/m0/s1. The molecule has 0 radical (unpaired) electrons. The minimum Gasteiger partial charge on any atom is -0.443 e. The summed E-state index contributed by atoms with van der Waals surface area (Å²) < 4.78 is 5.36. The molecule has 1 heterocycles. The Morgan fingerprint density at radius 2 is 1.95 bits per heavy atom. The summed E-state index contributed by atoms with van der Waals surface area (Å²) in [5, 5.41) is 0. The van der Waals surface area contributed by atoms with Crippen molar-refractivity contribution in [2.75, 3.05) is 0 Å². The predicted octanol–water partition coefficient (Wildman–Crippen LogP) is 3.12. The summed E-state index contributed by atoms with van der Waals surface area (Å²) in [7, 11) is 0. The quantitative estimate of drug-likeness (QED) is 0.728. The molecule has 1 aliphatic heterocycles. The van der Waals surface area contributed by atoms with E-state index in [2.05, 4.69) is 6.58 Å². The highest BCUT2D eigenvalue weighted by Gasteiger charge is 2.57. The maximum absolute atomic E-state index is 12.1. The van der Waals surface area contributed by atoms with Gasteiger partial charge in [0.2, 0.25) is 5.78 Å². The number of carbonyl (C=O) groups excluding carboxylic acids is 2. The third-order valence-electron chi connectivity index (χ3n) is 4.86. The molecule has 4 heteroatoms. The van der Waals surface area contributed by atoms with E-state index in [9.17, 15) is 9.59 Å². The lowest BCUT2D eigenvalue weighted by molar-refractivity contribution is -0.129. The number of ketones is 1. The SMILES string of the molecule is C=C1C(=O)[C@H](C[C@@H]2[C@@H]3CCC[C@@H]32)N1C(=O)OC(C)(C)C. The highest BCUT2D eigenvalue weighted by Crippen LogP contribution is 2.60. The molecule has 0 bridgehead atoms. The van der Waals surface area contributed by atoms with Crippen LogP contribution < -0.4 is 0 Å². The van der Waals surface area contributed by atoms with E-state index >= 15 is 0 Å². The van der Waals surface area contributed by atoms with E-state index in [1.807, 2.05) is 20.8 Å². The van der Waals surface area contributed by atoms with Gasteiger partial charge in [0.15, 0.2) is 0 Å². The van der Waals surface area contributed by atoms with Crippen molar-refractivity contribution < 1.29 is 14.3 Å². The van der Waals surface area contributed by atoms with Crippen LogP contribution in [0.4, 0.5) is 4.79 Å². The van der Waals surface area contributed by atoms with Gasteiger partial charge >= 0.3 is 6.09 Å². The van der Waals surface area contributed by atoms with E-state index in [-0.39, 0.29) is 17.5 Å². The predicted molar refractivity (Wildman–Crippen MR) is 74.9 cm³/mol. The molecule has 0 unspecified atom stereocenters. The van der Waals surface area contributed by atoms with Gasteiger partial charge < -0.3 is 4.74 Å². The lowest BCUT2D eigenvalue weighted by Crippen LogP contribution is -2.58. The minimum atomic E-state index is -0.545. The fourth-order valence-electron chi connectivity index (χ4n) is 3.89. The Labute approximate surface area is 120 Å². The molecule has 2 aliphatic carbocycles. The van der Waals surface area contributed by atoms with Crippen LogP contribution in [0, 0.1) is 17.8 Å². The number of ether oxygens (including phenoxy) is 1. The van der Waals surface area contributed by atoms with Crippen molar-refractivity contribution in [1.82, 2.24) is 4.90 Å². The Morgan fingerprint density at radius 3 is 2.50 bits per heavy atom. The van der Waals surface area contributed by atoms with Gasteiger partial charge in [-0.15, -0.1) is 0 Å². The first-order valence-corrected chi connectivity index (χ1v) is 7.55. The number of rotatable bonds is 2. The van der Waals surface area contributed by atoms with Crippen LogP contribution >= 0.6 is 0 Å². The van der Waals surface area contributed by atoms with Gasteiger partial charge in [-0.1, -0.05) is 13.0 Å². The van der Waals surface area contributed by atoms with E-state index in [1.54, 1.807) is 0 Å². The molecule has 0 aromatic carbocycles. The lowest BCUT2D eigenvalue weighted by atomic mass is 9.91. The number of nitrogens with zero attached hydrogens (tertiary/aromatic N) is 1. The highest BCUT2D eigenvalue weighted by molar-refractivity contribution is 6.09. The topological polar surface area (TPSA) is 46.6 Å². The monoisotopic (exact) mass is 277 g/mol. The lowest BCUT2D eigenvalue weighted by Gasteiger charge is -2.41. The molecule has 110 valence electrons. The molecule has 4 nitrogen and oxygen atoms in total. The second kappa shape index (κ2) is 4.34. The normalized spacial score (nSPS) is 35.6. The summed E-state index contributed by atoms with van der Waals surface area (Å²) in [5.74, 6) is 2.26. The number of hydrogen-bond acceptors (Lipinski definition) is 3. The van der Waals surface area contributed by atoms with Gasteiger partial charge in [-0.05, 0) is 57.8 Å². The van der Waals surface area contributed by atoms with Crippen molar-refractivity contribution in [2.45, 2.75) is 58.1 Å². The van der Waals surface area contributed by atoms with Crippen LogP contribution in [0.3, 0.4) is 0 Å². The van der Waals surface area contributed by atoms with Crippen LogP contribution in [0.15, 0.2) is 12.3 Å². The smallest absolute Gasteiger partial charge is 0.415 e. The van der Waals surface area contributed by atoms with E-state index in [1.165, 1.54) is 24.2 Å². The molecule has 4 atom stereocenters. The molecule has 0 spiro atoms. The highest BCUT2D eigenvalue weighted by atomic mass is 16.6. The zero-order chi connectivity index (χ0) is 14.7. The average Bonchev–Trinajstić information content (AvgIpc) is 2.78. The molecule has 0 N–H and O–H groups in total. The number of amides is 1. The van der Waals surface area contributed by atoms with Crippen LogP contribution in [0.2, 0.25) is 0 Å². The van der Waals surface area contributed by atoms with Gasteiger partial charge in [0.25, 0.3) is 0 Å². The second-order valence-corrected chi connectivity index (χ2v) is 7.34. The first-order valence-electron chi connectivity index (χ1n) is 7.55. The number of likely N-dealkylation sites (tertiary alicyclic amines) is 1. The minimum absolute atomic E-state index is 0.0147. The van der Waals surface area contributed by atoms with E-state index in [0.29, 0.717) is 5.92 Å². The summed E-state index contributed by atoms with van der Waals surface area (Å²) in [4.78, 5) is 25.6. The van der Waals surface area contributed by atoms with Crippen molar-refractivity contribution in [3.05, 3.63) is 12.3 Å². The van der Waals surface area contributed by atoms with Crippen LogP contribution in [-0.4, -0.2) is 28.4 Å². The first-order chi connectivity index (χ1) is 9.29. The zero-order valence-corrected chi connectivity index (χ0v) is 12.5. The number of fused-ring (bicyclic) bond motifs is 1. The van der Waals surface area contributed by atoms with Crippen molar-refractivity contribution in [2.24, 2.45) is 17.8 Å². The Hall–Kier alpha value is -1.32. The Bertz CT molecular complexity index is 467. The average molecular weight is 277 g/mol. The van der Waals surface area contributed by atoms with Crippen LogP contribution in [-0.2, 0) is 9.53 Å². The first kappa shape index (κ1) is 13.7. The van der Waals surface area contributed by atoms with Crippen LogP contribution in [0.1, 0.15) is 46.5 Å². The molecular weight excluding hydrogens is 254 g/mol. The van der Waals surface area contributed by atoms with Gasteiger partial charge in [-0.2, -0.15) is 0 Å². The van der Waals surface area contributed by atoms with Crippen molar-refractivity contribution in [3.8, 4) is 0 Å². The maximum Gasteiger partial charge on any atom is 0.415 e. The summed E-state index contributed by atoms with van der Waals surface area (Å²) in [6, 6.07) is -0.326. The molecule has 2 saturated carbocycles. The van der Waals surface area contributed by atoms with Gasteiger partial charge in [0, 0.05) is 0 Å². The van der Waals surface area contributed by atoms with Crippen molar-refractivity contribution in [3.63, 3.8) is 0 Å². The van der Waals surface area contributed by atoms with E-state index in [4.69, 9.17) is 4.74 Å². The molecule has 0 aromatic rings. The Balaban J connectivity index is 1.62. The third-order valence-corrected chi connectivity index (χ3v) is 4.86. The zero-order valence-electron chi connectivity index (χ0n) is 12.5. The van der Waals surface area contributed by atoms with Gasteiger partial charge in [-0.25, -0.2) is 4.79 Å². The number of Topliss-reactive ketones (excluding diaryl/α,β-unsaturated/α-hetero) is 1. The molecule has 1 saturated heterocycles.